The van der Waals surface area contributed by atoms with E-state index in [9.17, 15) is 22.4 Å². The van der Waals surface area contributed by atoms with Gasteiger partial charge in [-0.3, -0.25) is 4.79 Å². The van der Waals surface area contributed by atoms with Gasteiger partial charge in [0.15, 0.2) is 0 Å². The van der Waals surface area contributed by atoms with Crippen LogP contribution in [0.25, 0.3) is 11.4 Å². The molecule has 0 unspecified atom stereocenters. The highest BCUT2D eigenvalue weighted by Gasteiger charge is 2.38. The number of nitrogens with zero attached hydrogens (tertiary/aromatic N) is 3. The molecular formula is C20H15F4N3O3. The maximum absolute atomic E-state index is 14.9. The minimum Gasteiger partial charge on any atom is -0.491 e. The highest BCUT2D eigenvalue weighted by Crippen LogP contribution is 2.34. The Balaban J connectivity index is 1.67. The fraction of sp³-hybridized carbons (Fsp3) is 0.250. The predicted octanol–water partition coefficient (Wildman–Crippen LogP) is 4.32. The minimum atomic E-state index is -4.81. The van der Waals surface area contributed by atoms with Crippen molar-refractivity contribution in [1.82, 2.24) is 15.0 Å². The normalized spacial score (nSPS) is 16.6. The van der Waals surface area contributed by atoms with E-state index in [0.29, 0.717) is 5.56 Å². The summed E-state index contributed by atoms with van der Waals surface area (Å²) in [7, 11) is 0. The minimum absolute atomic E-state index is 0.0269. The molecule has 0 aliphatic carbocycles. The number of hydrogen-bond donors (Lipinski definition) is 0. The molecule has 0 fully saturated rings. The Morgan fingerprint density at radius 2 is 1.93 bits per heavy atom. The van der Waals surface area contributed by atoms with E-state index in [1.54, 1.807) is 37.3 Å². The number of alkyl halides is 3. The van der Waals surface area contributed by atoms with E-state index in [-0.39, 0.29) is 42.0 Å². The highest BCUT2D eigenvalue weighted by molar-refractivity contribution is 5.94. The first kappa shape index (κ1) is 19.9. The van der Waals surface area contributed by atoms with Gasteiger partial charge in [0.05, 0.1) is 12.6 Å². The zero-order valence-corrected chi connectivity index (χ0v) is 15.6. The molecule has 0 saturated heterocycles. The molecule has 3 aromatic rings. The third kappa shape index (κ3) is 3.72. The molecule has 0 saturated carbocycles. The maximum atomic E-state index is 14.9. The summed E-state index contributed by atoms with van der Waals surface area (Å²) >= 11 is 0. The van der Waals surface area contributed by atoms with Crippen LogP contribution in [0, 0.1) is 5.82 Å². The SMILES string of the molecule is C[C@H]1COc2cc(-c3noc(C(F)(F)F)n3)cc(F)c2CN1C(=O)c1ccccc1. The fourth-order valence-corrected chi connectivity index (χ4v) is 3.12. The topological polar surface area (TPSA) is 68.5 Å². The lowest BCUT2D eigenvalue weighted by atomic mass is 10.1. The Labute approximate surface area is 168 Å². The smallest absolute Gasteiger partial charge is 0.471 e. The number of aromatic nitrogens is 2. The molecule has 10 heteroatoms. The van der Waals surface area contributed by atoms with E-state index >= 15 is 0 Å². The second-order valence-electron chi connectivity index (χ2n) is 6.81. The van der Waals surface area contributed by atoms with Crippen LogP contribution < -0.4 is 4.74 Å². The first-order chi connectivity index (χ1) is 14.2. The second kappa shape index (κ2) is 7.43. The quantitative estimate of drug-likeness (QED) is 0.577. The van der Waals surface area contributed by atoms with E-state index in [1.165, 1.54) is 11.0 Å². The fourth-order valence-electron chi connectivity index (χ4n) is 3.12. The lowest BCUT2D eigenvalue weighted by Gasteiger charge is -2.26. The molecule has 1 aliphatic rings. The van der Waals surface area contributed by atoms with Gasteiger partial charge in [0.1, 0.15) is 18.2 Å². The summed E-state index contributed by atoms with van der Waals surface area (Å²) in [5.41, 5.74) is 0.546. The molecule has 0 spiro atoms. The molecular weight excluding hydrogens is 406 g/mol. The molecule has 1 aromatic heterocycles. The Morgan fingerprint density at radius 3 is 2.60 bits per heavy atom. The number of carbonyl (C=O) groups excluding carboxylic acids is 1. The standard InChI is InChI=1S/C20H15F4N3O3/c1-11-10-29-16-8-13(17-25-19(30-26-17)20(22,23)24)7-15(21)14(16)9-27(11)18(28)12-5-3-2-4-6-12/h2-8,11H,9-10H2,1H3/t11-/m0/s1. The molecule has 156 valence electrons. The third-order valence-electron chi connectivity index (χ3n) is 4.70. The first-order valence-electron chi connectivity index (χ1n) is 8.96. The van der Waals surface area contributed by atoms with E-state index in [1.807, 2.05) is 0 Å². The number of ether oxygens (including phenoxy) is 1. The predicted molar refractivity (Wildman–Crippen MR) is 96.0 cm³/mol. The molecule has 1 aliphatic heterocycles. The number of fused-ring (bicyclic) bond motifs is 1. The van der Waals surface area contributed by atoms with Crippen molar-refractivity contribution in [2.45, 2.75) is 25.7 Å². The summed E-state index contributed by atoms with van der Waals surface area (Å²) in [4.78, 5) is 17.6. The van der Waals surface area contributed by atoms with Gasteiger partial charge in [-0.05, 0) is 31.2 Å². The van der Waals surface area contributed by atoms with E-state index in [4.69, 9.17) is 4.74 Å². The molecule has 2 aromatic carbocycles. The molecule has 0 bridgehead atoms. The van der Waals surface area contributed by atoms with Crippen LogP contribution in [0.15, 0.2) is 47.0 Å². The van der Waals surface area contributed by atoms with E-state index in [2.05, 4.69) is 14.7 Å². The molecule has 1 amide bonds. The lowest BCUT2D eigenvalue weighted by molar-refractivity contribution is -0.159. The Bertz CT molecular complexity index is 1080. The zero-order chi connectivity index (χ0) is 21.5. The van der Waals surface area contributed by atoms with Crippen molar-refractivity contribution in [3.05, 3.63) is 65.3 Å². The van der Waals surface area contributed by atoms with E-state index in [0.717, 1.165) is 6.07 Å². The maximum Gasteiger partial charge on any atom is 0.471 e. The molecule has 30 heavy (non-hydrogen) atoms. The number of halogens is 4. The molecule has 0 radical (unpaired) electrons. The van der Waals surface area contributed by atoms with Crippen LogP contribution in [-0.2, 0) is 12.7 Å². The van der Waals surface area contributed by atoms with Crippen molar-refractivity contribution in [3.63, 3.8) is 0 Å². The Hall–Kier alpha value is -3.43. The summed E-state index contributed by atoms with van der Waals surface area (Å²) < 4.78 is 62.8. The van der Waals surface area contributed by atoms with Crippen LogP contribution in [0.4, 0.5) is 17.6 Å². The van der Waals surface area contributed by atoms with Gasteiger partial charge >= 0.3 is 12.1 Å². The number of benzene rings is 2. The van der Waals surface area contributed by atoms with Crippen LogP contribution >= 0.6 is 0 Å². The Kier molecular flexibility index (Phi) is 4.92. The van der Waals surface area contributed by atoms with Crippen molar-refractivity contribution in [1.29, 1.82) is 0 Å². The van der Waals surface area contributed by atoms with Crippen molar-refractivity contribution < 1.29 is 31.6 Å². The number of carbonyl (C=O) groups is 1. The zero-order valence-electron chi connectivity index (χ0n) is 15.6. The molecule has 0 N–H and O–H groups in total. The number of hydrogen-bond acceptors (Lipinski definition) is 5. The van der Waals surface area contributed by atoms with Gasteiger partial charge in [0.25, 0.3) is 5.91 Å². The molecule has 4 rings (SSSR count). The summed E-state index contributed by atoms with van der Waals surface area (Å²) in [6.45, 7) is 1.78. The van der Waals surface area contributed by atoms with E-state index < -0.39 is 23.7 Å². The van der Waals surface area contributed by atoms with Crippen molar-refractivity contribution in [3.8, 4) is 17.1 Å². The van der Waals surface area contributed by atoms with Gasteiger partial charge < -0.3 is 14.2 Å². The van der Waals surface area contributed by atoms with Crippen molar-refractivity contribution >= 4 is 5.91 Å². The molecule has 6 nitrogen and oxygen atoms in total. The first-order valence-corrected chi connectivity index (χ1v) is 8.96. The summed E-state index contributed by atoms with van der Waals surface area (Å²) in [5.74, 6) is -2.86. The van der Waals surface area contributed by atoms with Gasteiger partial charge in [0, 0.05) is 16.7 Å². The van der Waals surface area contributed by atoms with Crippen molar-refractivity contribution in [2.75, 3.05) is 6.61 Å². The van der Waals surface area contributed by atoms with Crippen LogP contribution in [0.5, 0.6) is 5.75 Å². The van der Waals surface area contributed by atoms with Crippen LogP contribution in [-0.4, -0.2) is 33.6 Å². The van der Waals surface area contributed by atoms with Crippen molar-refractivity contribution in [2.24, 2.45) is 0 Å². The van der Waals surface area contributed by atoms with Gasteiger partial charge in [-0.25, -0.2) is 4.39 Å². The average Bonchev–Trinajstić information content (AvgIpc) is 3.16. The number of rotatable bonds is 2. The highest BCUT2D eigenvalue weighted by atomic mass is 19.4. The van der Waals surface area contributed by atoms with Crippen LogP contribution in [0.3, 0.4) is 0 Å². The lowest BCUT2D eigenvalue weighted by Crippen LogP contribution is -2.39. The molecule has 1 atom stereocenters. The summed E-state index contributed by atoms with van der Waals surface area (Å²) in [6, 6.07) is 10.5. The summed E-state index contributed by atoms with van der Waals surface area (Å²) in [5, 5.41) is 3.27. The number of amides is 1. The average molecular weight is 421 g/mol. The largest absolute Gasteiger partial charge is 0.491 e. The Morgan fingerprint density at radius 1 is 1.20 bits per heavy atom. The van der Waals surface area contributed by atoms with Gasteiger partial charge in [-0.15, -0.1) is 0 Å². The summed E-state index contributed by atoms with van der Waals surface area (Å²) in [6.07, 6.45) is -4.81. The van der Waals surface area contributed by atoms with Crippen LogP contribution in [0.1, 0.15) is 28.7 Å². The second-order valence-corrected chi connectivity index (χ2v) is 6.81. The molecule has 2 heterocycles. The third-order valence-corrected chi connectivity index (χ3v) is 4.70. The monoisotopic (exact) mass is 421 g/mol. The van der Waals surface area contributed by atoms with Gasteiger partial charge in [-0.1, -0.05) is 23.4 Å². The van der Waals surface area contributed by atoms with Crippen LogP contribution in [0.2, 0.25) is 0 Å². The van der Waals surface area contributed by atoms with Gasteiger partial charge in [0.2, 0.25) is 5.82 Å². The van der Waals surface area contributed by atoms with Gasteiger partial charge in [-0.2, -0.15) is 18.2 Å².